The third-order valence-electron chi connectivity index (χ3n) is 21.0. The molecule has 8 heterocycles. The van der Waals surface area contributed by atoms with Crippen LogP contribution in [0.2, 0.25) is 0 Å². The van der Waals surface area contributed by atoms with Crippen LogP contribution in [-0.4, -0.2) is 54.6 Å². The van der Waals surface area contributed by atoms with Crippen molar-refractivity contribution in [3.05, 3.63) is 253 Å². The number of furan rings is 4. The number of para-hydroxylation sites is 10. The number of anilines is 10. The molecule has 0 saturated heterocycles. The van der Waals surface area contributed by atoms with Crippen molar-refractivity contribution in [2.24, 2.45) is 0 Å². The van der Waals surface area contributed by atoms with Crippen LogP contribution in [-0.2, 0) is 0 Å². The lowest BCUT2D eigenvalue weighted by atomic mass is 10.1. The molecule has 19 rings (SSSR count). The lowest BCUT2D eigenvalue weighted by molar-refractivity contribution is 0.263. The molecular formula is C90H90N8O4. The van der Waals surface area contributed by atoms with Gasteiger partial charge >= 0.3 is 0 Å². The van der Waals surface area contributed by atoms with Gasteiger partial charge in [-0.15, -0.1) is 0 Å². The normalized spacial score (nSPS) is 18.3. The lowest BCUT2D eigenvalue weighted by Gasteiger charge is -2.33. The van der Waals surface area contributed by atoms with Gasteiger partial charge in [0.05, 0.1) is 61.0 Å². The first-order valence-corrected chi connectivity index (χ1v) is 35.4. The van der Waals surface area contributed by atoms with Crippen LogP contribution in [0.4, 0.5) is 56.9 Å². The number of aryl methyl sites for hydroxylation is 4. The highest BCUT2D eigenvalue weighted by atomic mass is 16.3. The minimum Gasteiger partial charge on any atom is -0.454 e. The highest BCUT2D eigenvalue weighted by molar-refractivity contribution is 6.14. The molecule has 0 spiro atoms. The second-order valence-electron chi connectivity index (χ2n) is 28.0. The Morgan fingerprint density at radius 3 is 0.931 bits per heavy atom. The molecular weight excluding hydrogens is 1260 g/mol. The van der Waals surface area contributed by atoms with Gasteiger partial charge < -0.3 is 56.9 Å². The first kappa shape index (κ1) is 58.5. The summed E-state index contributed by atoms with van der Waals surface area (Å²) in [5.74, 6) is 0. The van der Waals surface area contributed by atoms with Crippen molar-refractivity contribution in [1.29, 1.82) is 0 Å². The van der Waals surface area contributed by atoms with E-state index in [4.69, 9.17) is 25.9 Å². The Kier molecular flexibility index (Phi) is 14.8. The molecule has 12 heteroatoms. The van der Waals surface area contributed by atoms with E-state index in [0.29, 0.717) is 5.69 Å². The maximum Gasteiger partial charge on any atom is 0.159 e. The van der Waals surface area contributed by atoms with Crippen LogP contribution >= 0.6 is 0 Å². The fraction of sp³-hybridized carbons (Fsp3) is 0.244. The maximum atomic E-state index is 8.72. The average molecular weight is 1350 g/mol. The summed E-state index contributed by atoms with van der Waals surface area (Å²) in [6.07, 6.45) is 3.75. The van der Waals surface area contributed by atoms with Crippen molar-refractivity contribution in [2.75, 3.05) is 41.3 Å². The molecule has 4 aliphatic rings. The molecule has 0 amide bonds. The fourth-order valence-corrected chi connectivity index (χ4v) is 16.3. The van der Waals surface area contributed by atoms with Gasteiger partial charge in [-0.1, -0.05) is 158 Å². The van der Waals surface area contributed by atoms with Crippen LogP contribution in [0, 0.1) is 27.7 Å². The molecule has 0 bridgehead atoms. The molecule has 0 N–H and O–H groups in total. The summed E-state index contributed by atoms with van der Waals surface area (Å²) in [5, 5.41) is 8.90. The number of fused-ring (bicyclic) bond motifs is 15. The van der Waals surface area contributed by atoms with Gasteiger partial charge in [-0.25, -0.2) is 0 Å². The van der Waals surface area contributed by atoms with E-state index < -0.39 is 25.0 Å². The van der Waals surface area contributed by atoms with Gasteiger partial charge in [0, 0.05) is 84.6 Å². The second-order valence-corrected chi connectivity index (χ2v) is 28.0. The predicted molar refractivity (Wildman–Crippen MR) is 430 cm³/mol. The minimum atomic E-state index is -2.24. The Hall–Kier alpha value is -11.2. The van der Waals surface area contributed by atoms with E-state index in [9.17, 15) is 0 Å². The third-order valence-corrected chi connectivity index (χ3v) is 21.0. The average Bonchev–Trinajstić information content (AvgIpc) is 1.58. The standard InChI is InChI=1S/2C24H24N2O.C22H20N2O.C20H22N2O/c2*1-15(2)25-17(4)26(21-11-7-6-10-20(21)25)23-16(3)13-14-19-18-9-5-8-12-22(18)27-24(19)23;1-14-12-13-17-16-8-4-7-11-20(16)25-22(17)21(14)24-15(2)23(3)18-9-5-6-10-19(18)24;1-13(2)21-11-12-22(15(21)4)19-14(3)9-10-17-16-7-5-6-8-18(16)23-20(17)19/h2*5-15,17H,1-4H3;4-13,15H,1-3H3;5-13,15H,1-4H3/i2*15D;3D3;13D. The van der Waals surface area contributed by atoms with Gasteiger partial charge in [-0.05, 0) is 180 Å². The van der Waals surface area contributed by atoms with Gasteiger partial charge in [0.15, 0.2) is 22.3 Å². The molecule has 12 nitrogen and oxygen atoms in total. The van der Waals surface area contributed by atoms with Crippen LogP contribution in [0.3, 0.4) is 0 Å². The quantitative estimate of drug-likeness (QED) is 0.152. The minimum absolute atomic E-state index is 0.00223. The molecule has 4 unspecified atom stereocenters. The van der Waals surface area contributed by atoms with Gasteiger partial charge in [0.1, 0.15) is 47.0 Å². The molecule has 514 valence electrons. The number of rotatable bonds is 7. The smallest absolute Gasteiger partial charge is 0.159 e. The van der Waals surface area contributed by atoms with E-state index in [-0.39, 0.29) is 24.7 Å². The Labute approximate surface area is 606 Å². The van der Waals surface area contributed by atoms with E-state index in [2.05, 4.69) is 198 Å². The van der Waals surface area contributed by atoms with E-state index in [0.717, 1.165) is 156 Å². The van der Waals surface area contributed by atoms with E-state index >= 15 is 0 Å². The Bertz CT molecular complexity index is 5580. The van der Waals surface area contributed by atoms with Gasteiger partial charge in [-0.3, -0.25) is 0 Å². The Morgan fingerprint density at radius 1 is 0.304 bits per heavy atom. The largest absolute Gasteiger partial charge is 0.454 e. The summed E-state index contributed by atoms with van der Waals surface area (Å²) < 4.78 is 75.1. The summed E-state index contributed by atoms with van der Waals surface area (Å²) in [5.41, 5.74) is 21.8. The van der Waals surface area contributed by atoms with Gasteiger partial charge in [0.25, 0.3) is 0 Å². The zero-order valence-electron chi connectivity index (χ0n) is 66.5. The highest BCUT2D eigenvalue weighted by Crippen LogP contribution is 2.53. The van der Waals surface area contributed by atoms with Gasteiger partial charge in [-0.2, -0.15) is 0 Å². The fourth-order valence-electron chi connectivity index (χ4n) is 16.3. The molecule has 15 aromatic rings. The molecule has 102 heavy (non-hydrogen) atoms. The number of nitrogens with zero attached hydrogens (tertiary/aromatic N) is 8. The zero-order chi connectivity index (χ0) is 75.9. The van der Waals surface area contributed by atoms with Crippen molar-refractivity contribution in [3.63, 3.8) is 0 Å². The molecule has 4 aromatic heterocycles. The summed E-state index contributed by atoms with van der Waals surface area (Å²) in [6, 6.07) is 71.8. The number of hydrogen-bond donors (Lipinski definition) is 0. The van der Waals surface area contributed by atoms with E-state index in [1.54, 1.807) is 0 Å². The molecule has 4 atom stereocenters. The van der Waals surface area contributed by atoms with Crippen LogP contribution in [0.15, 0.2) is 248 Å². The molecule has 0 radical (unpaired) electrons. The monoisotopic (exact) mass is 1350 g/mol. The van der Waals surface area contributed by atoms with Crippen LogP contribution in [0.1, 0.15) is 99.7 Å². The number of benzene rings is 11. The molecule has 0 saturated carbocycles. The van der Waals surface area contributed by atoms with Crippen molar-refractivity contribution in [2.45, 2.75) is 140 Å². The first-order valence-electron chi connectivity index (χ1n) is 38.4. The zero-order valence-corrected chi connectivity index (χ0v) is 60.5. The van der Waals surface area contributed by atoms with Crippen molar-refractivity contribution in [3.8, 4) is 0 Å². The van der Waals surface area contributed by atoms with E-state index in [1.165, 1.54) is 10.5 Å². The first-order chi connectivity index (χ1) is 51.5. The number of hydrogen-bond acceptors (Lipinski definition) is 12. The topological polar surface area (TPSA) is 78.5 Å². The lowest BCUT2D eigenvalue weighted by Crippen LogP contribution is -2.42. The molecule has 0 fully saturated rings. The molecule has 0 aliphatic carbocycles. The van der Waals surface area contributed by atoms with Crippen LogP contribution in [0.25, 0.3) is 87.8 Å². The SMILES string of the molecule is [2H]C(C)(C)N1C=CN(c2c(C)ccc3c2oc2ccccc23)C1C.[2H]C(C)(C)N1c2ccccc2N(c2c(C)ccc3c2oc2ccccc23)C1C.[2H]C(C)(C)N1c2ccccc2N(c2c(C)ccc3c2oc2ccccc23)C1C.[2H]C([2H])([2H])N1c2ccccc2N(c2c(C)ccc3c2oc2ccccc23)C1C. The molecule has 11 aromatic carbocycles. The van der Waals surface area contributed by atoms with Crippen molar-refractivity contribution in [1.82, 2.24) is 4.90 Å². The molecule has 4 aliphatic heterocycles. The summed E-state index contributed by atoms with van der Waals surface area (Å²) in [6.45, 7) is 26.1. The third kappa shape index (κ3) is 10.5. The van der Waals surface area contributed by atoms with Crippen molar-refractivity contribution >= 4 is 145 Å². The van der Waals surface area contributed by atoms with Crippen LogP contribution in [0.5, 0.6) is 0 Å². The summed E-state index contributed by atoms with van der Waals surface area (Å²) in [7, 11) is 0. The highest BCUT2D eigenvalue weighted by Gasteiger charge is 2.40. The van der Waals surface area contributed by atoms with Crippen LogP contribution < -0.4 is 34.3 Å². The Balaban J connectivity index is 0.000000110. The van der Waals surface area contributed by atoms with Crippen molar-refractivity contribution < 1.29 is 25.9 Å². The van der Waals surface area contributed by atoms with Gasteiger partial charge in [0.2, 0.25) is 0 Å². The summed E-state index contributed by atoms with van der Waals surface area (Å²) >= 11 is 0. The second kappa shape index (κ2) is 25.7. The van der Waals surface area contributed by atoms with E-state index in [1.807, 2.05) is 164 Å². The maximum absolute atomic E-state index is 8.72. The Morgan fingerprint density at radius 2 is 0.598 bits per heavy atom. The predicted octanol–water partition coefficient (Wildman–Crippen LogP) is 24.3. The summed E-state index contributed by atoms with van der Waals surface area (Å²) in [4.78, 5) is 16.8.